The maximum absolute atomic E-state index is 13.4. The number of nitrogens with zero attached hydrogens (tertiary/aromatic N) is 2. The van der Waals surface area contributed by atoms with E-state index in [-0.39, 0.29) is 5.69 Å². The normalized spacial score (nSPS) is 10.4. The van der Waals surface area contributed by atoms with Crippen molar-refractivity contribution in [1.82, 2.24) is 9.55 Å². The van der Waals surface area contributed by atoms with Crippen LogP contribution in [-0.4, -0.2) is 16.1 Å². The van der Waals surface area contributed by atoms with E-state index in [1.807, 2.05) is 0 Å². The van der Waals surface area contributed by atoms with Crippen LogP contribution in [0.5, 0.6) is 0 Å². The second-order valence-corrected chi connectivity index (χ2v) is 3.93. The number of anilines is 1. The predicted molar refractivity (Wildman–Crippen MR) is 61.8 cm³/mol. The van der Waals surface area contributed by atoms with Crippen LogP contribution in [0.3, 0.4) is 0 Å². The molecule has 84 valence electrons. The standard InChI is InChI=1S/C10H10FN3OS/c1-2-12-8-7(11)3-5-14(9(8)15)10-13-4-6-16-10/h3-6,12H,2H2,1H3. The first kappa shape index (κ1) is 10.8. The van der Waals surface area contributed by atoms with Gasteiger partial charge in [0.05, 0.1) is 0 Å². The van der Waals surface area contributed by atoms with Gasteiger partial charge in [0.1, 0.15) is 5.69 Å². The maximum Gasteiger partial charge on any atom is 0.283 e. The minimum atomic E-state index is -0.542. The summed E-state index contributed by atoms with van der Waals surface area (Å²) in [7, 11) is 0. The monoisotopic (exact) mass is 239 g/mol. The van der Waals surface area contributed by atoms with E-state index in [2.05, 4.69) is 10.3 Å². The molecule has 0 spiro atoms. The highest BCUT2D eigenvalue weighted by atomic mass is 32.1. The molecule has 1 N–H and O–H groups in total. The SMILES string of the molecule is CCNc1c(F)ccn(-c2nccs2)c1=O. The number of pyridine rings is 1. The Balaban J connectivity index is 2.57. The van der Waals surface area contributed by atoms with Gasteiger partial charge >= 0.3 is 0 Å². The number of aromatic nitrogens is 2. The van der Waals surface area contributed by atoms with Gasteiger partial charge in [-0.3, -0.25) is 9.36 Å². The first-order valence-electron chi connectivity index (χ1n) is 4.79. The molecule has 0 aliphatic heterocycles. The average Bonchev–Trinajstić information content (AvgIpc) is 2.77. The molecule has 4 nitrogen and oxygen atoms in total. The summed E-state index contributed by atoms with van der Waals surface area (Å²) in [6.07, 6.45) is 2.99. The molecular formula is C10H10FN3OS. The van der Waals surface area contributed by atoms with Gasteiger partial charge in [-0.05, 0) is 13.0 Å². The lowest BCUT2D eigenvalue weighted by atomic mass is 10.4. The third-order valence-corrected chi connectivity index (χ3v) is 2.79. The summed E-state index contributed by atoms with van der Waals surface area (Å²) in [4.78, 5) is 15.9. The van der Waals surface area contributed by atoms with Gasteiger partial charge in [-0.2, -0.15) is 0 Å². The summed E-state index contributed by atoms with van der Waals surface area (Å²) in [5, 5.41) is 5.01. The first-order valence-corrected chi connectivity index (χ1v) is 5.67. The predicted octanol–water partition coefficient (Wildman–Crippen LogP) is 1.86. The van der Waals surface area contributed by atoms with Crippen molar-refractivity contribution in [2.24, 2.45) is 0 Å². The summed E-state index contributed by atoms with van der Waals surface area (Å²) in [5.41, 5.74) is -0.433. The van der Waals surface area contributed by atoms with Gasteiger partial charge in [0, 0.05) is 24.3 Å². The van der Waals surface area contributed by atoms with Crippen LogP contribution in [0, 0.1) is 5.82 Å². The molecular weight excluding hydrogens is 229 g/mol. The van der Waals surface area contributed by atoms with E-state index in [1.54, 1.807) is 18.5 Å². The number of rotatable bonds is 3. The van der Waals surface area contributed by atoms with Gasteiger partial charge in [0.15, 0.2) is 10.9 Å². The molecule has 6 heteroatoms. The van der Waals surface area contributed by atoms with Crippen molar-refractivity contribution in [1.29, 1.82) is 0 Å². The summed E-state index contributed by atoms with van der Waals surface area (Å²) < 4.78 is 14.7. The molecule has 2 heterocycles. The Kier molecular flexibility index (Phi) is 3.00. The number of hydrogen-bond donors (Lipinski definition) is 1. The lowest BCUT2D eigenvalue weighted by Crippen LogP contribution is -2.23. The van der Waals surface area contributed by atoms with Crippen molar-refractivity contribution < 1.29 is 4.39 Å². The number of hydrogen-bond acceptors (Lipinski definition) is 4. The van der Waals surface area contributed by atoms with E-state index in [1.165, 1.54) is 28.2 Å². The Morgan fingerprint density at radius 3 is 3.06 bits per heavy atom. The number of nitrogens with one attached hydrogen (secondary N) is 1. The van der Waals surface area contributed by atoms with Crippen molar-refractivity contribution in [3.8, 4) is 5.13 Å². The smallest absolute Gasteiger partial charge is 0.283 e. The maximum atomic E-state index is 13.4. The third kappa shape index (κ3) is 1.83. The van der Waals surface area contributed by atoms with Crippen LogP contribution in [0.15, 0.2) is 28.6 Å². The molecule has 16 heavy (non-hydrogen) atoms. The largest absolute Gasteiger partial charge is 0.378 e. The minimum absolute atomic E-state index is 0.0137. The van der Waals surface area contributed by atoms with Gasteiger partial charge < -0.3 is 5.32 Å². The summed E-state index contributed by atoms with van der Waals surface area (Å²) >= 11 is 1.32. The molecule has 2 aromatic rings. The van der Waals surface area contributed by atoms with Crippen LogP contribution in [0.25, 0.3) is 5.13 Å². The zero-order chi connectivity index (χ0) is 11.5. The second kappa shape index (κ2) is 4.44. The molecule has 0 saturated carbocycles. The van der Waals surface area contributed by atoms with Crippen LogP contribution in [0.4, 0.5) is 10.1 Å². The highest BCUT2D eigenvalue weighted by Crippen LogP contribution is 2.12. The lowest BCUT2D eigenvalue weighted by Gasteiger charge is -2.07. The van der Waals surface area contributed by atoms with Crippen LogP contribution >= 0.6 is 11.3 Å². The van der Waals surface area contributed by atoms with Crippen molar-refractivity contribution in [2.45, 2.75) is 6.92 Å². The van der Waals surface area contributed by atoms with Gasteiger partial charge in [0.25, 0.3) is 5.56 Å². The van der Waals surface area contributed by atoms with Crippen LogP contribution in [0.2, 0.25) is 0 Å². The van der Waals surface area contributed by atoms with Gasteiger partial charge in [-0.1, -0.05) is 0 Å². The minimum Gasteiger partial charge on any atom is -0.378 e. The Bertz CT molecular complexity index is 535. The molecule has 0 fully saturated rings. The third-order valence-electron chi connectivity index (χ3n) is 2.02. The van der Waals surface area contributed by atoms with E-state index in [0.717, 1.165) is 0 Å². The zero-order valence-corrected chi connectivity index (χ0v) is 9.42. The highest BCUT2D eigenvalue weighted by Gasteiger charge is 2.11. The van der Waals surface area contributed by atoms with Crippen molar-refractivity contribution >= 4 is 17.0 Å². The van der Waals surface area contributed by atoms with E-state index >= 15 is 0 Å². The van der Waals surface area contributed by atoms with E-state index in [9.17, 15) is 9.18 Å². The van der Waals surface area contributed by atoms with Gasteiger partial charge in [-0.15, -0.1) is 11.3 Å². The fraction of sp³-hybridized carbons (Fsp3) is 0.200. The second-order valence-electron chi connectivity index (χ2n) is 3.06. The van der Waals surface area contributed by atoms with E-state index in [0.29, 0.717) is 11.7 Å². The lowest BCUT2D eigenvalue weighted by molar-refractivity contribution is 0.623. The van der Waals surface area contributed by atoms with Crippen molar-refractivity contribution in [2.75, 3.05) is 11.9 Å². The van der Waals surface area contributed by atoms with Gasteiger partial charge in [0.2, 0.25) is 0 Å². The molecule has 0 bridgehead atoms. The quantitative estimate of drug-likeness (QED) is 0.889. The van der Waals surface area contributed by atoms with Crippen LogP contribution < -0.4 is 10.9 Å². The van der Waals surface area contributed by atoms with Gasteiger partial charge in [-0.25, -0.2) is 9.37 Å². The summed E-state index contributed by atoms with van der Waals surface area (Å²) in [6, 6.07) is 1.25. The topological polar surface area (TPSA) is 46.9 Å². The molecule has 2 rings (SSSR count). The molecule has 0 aromatic carbocycles. The Labute approximate surface area is 95.4 Å². The molecule has 0 aliphatic carbocycles. The Morgan fingerprint density at radius 2 is 2.44 bits per heavy atom. The number of halogens is 1. The van der Waals surface area contributed by atoms with Crippen LogP contribution in [-0.2, 0) is 0 Å². The molecule has 0 radical (unpaired) electrons. The Hall–Kier alpha value is -1.69. The zero-order valence-electron chi connectivity index (χ0n) is 8.61. The first-order chi connectivity index (χ1) is 7.74. The molecule has 0 amide bonds. The fourth-order valence-corrected chi connectivity index (χ4v) is 1.96. The van der Waals surface area contributed by atoms with E-state index < -0.39 is 11.4 Å². The van der Waals surface area contributed by atoms with Crippen molar-refractivity contribution in [3.05, 3.63) is 40.0 Å². The molecule has 0 atom stereocenters. The summed E-state index contributed by atoms with van der Waals surface area (Å²) in [6.45, 7) is 2.30. The average molecular weight is 239 g/mol. The molecule has 0 saturated heterocycles. The van der Waals surface area contributed by atoms with Crippen LogP contribution in [0.1, 0.15) is 6.92 Å². The van der Waals surface area contributed by atoms with Crippen molar-refractivity contribution in [3.63, 3.8) is 0 Å². The Morgan fingerprint density at radius 1 is 1.62 bits per heavy atom. The molecule has 0 aliphatic rings. The molecule has 2 aromatic heterocycles. The molecule has 0 unspecified atom stereocenters. The number of thiazole rings is 1. The summed E-state index contributed by atoms with van der Waals surface area (Å²) in [5.74, 6) is -0.542. The highest BCUT2D eigenvalue weighted by molar-refractivity contribution is 7.12. The fourth-order valence-electron chi connectivity index (χ4n) is 1.34. The van der Waals surface area contributed by atoms with E-state index in [4.69, 9.17) is 0 Å².